The van der Waals surface area contributed by atoms with Crippen molar-refractivity contribution in [2.45, 2.75) is 96.8 Å². The molecule has 0 bridgehead atoms. The van der Waals surface area contributed by atoms with Crippen molar-refractivity contribution in [1.29, 1.82) is 0 Å². The average Bonchev–Trinajstić information content (AvgIpc) is 2.60. The first-order valence-electron chi connectivity index (χ1n) is 10.2. The first-order valence-corrected chi connectivity index (χ1v) is 10.2. The highest BCUT2D eigenvalue weighted by atomic mass is 16.4. The molecule has 0 rings (SSSR count). The Morgan fingerprint density at radius 3 is 1.00 bits per heavy atom. The van der Waals surface area contributed by atoms with Gasteiger partial charge in [-0.25, -0.2) is 0 Å². The van der Waals surface area contributed by atoms with Crippen molar-refractivity contribution >= 4 is 23.8 Å². The molecule has 0 radical (unpaired) electrons. The van der Waals surface area contributed by atoms with E-state index in [1.807, 2.05) is 0 Å². The SMILES string of the molecule is CC(=O)NCC(=O)O.O=C(O)CCCCCCCCCCCCCCC(=O)O. The lowest BCUT2D eigenvalue weighted by Gasteiger charge is -2.02. The lowest BCUT2D eigenvalue weighted by Crippen LogP contribution is -2.26. The molecule has 164 valence electrons. The van der Waals surface area contributed by atoms with Crippen LogP contribution in [0.4, 0.5) is 0 Å². The van der Waals surface area contributed by atoms with Gasteiger partial charge in [-0.15, -0.1) is 0 Å². The minimum Gasteiger partial charge on any atom is -0.481 e. The number of rotatable bonds is 17. The lowest BCUT2D eigenvalue weighted by molar-refractivity contribution is -0.138. The molecule has 8 nitrogen and oxygen atoms in total. The molecule has 0 heterocycles. The number of amides is 1. The Bertz CT molecular complexity index is 398. The van der Waals surface area contributed by atoms with E-state index in [4.69, 9.17) is 15.3 Å². The van der Waals surface area contributed by atoms with Gasteiger partial charge in [0.2, 0.25) is 5.91 Å². The van der Waals surface area contributed by atoms with Crippen LogP contribution in [-0.4, -0.2) is 45.7 Å². The third-order valence-electron chi connectivity index (χ3n) is 4.02. The number of hydrogen-bond donors (Lipinski definition) is 4. The molecule has 0 spiro atoms. The molecule has 8 heteroatoms. The highest BCUT2D eigenvalue weighted by molar-refractivity contribution is 5.79. The molecule has 0 aliphatic heterocycles. The summed E-state index contributed by atoms with van der Waals surface area (Å²) in [5.41, 5.74) is 0. The molecule has 0 aromatic carbocycles. The summed E-state index contributed by atoms with van der Waals surface area (Å²) in [6, 6.07) is 0. The van der Waals surface area contributed by atoms with Crippen LogP contribution in [0.1, 0.15) is 96.8 Å². The quantitative estimate of drug-likeness (QED) is 0.270. The lowest BCUT2D eigenvalue weighted by atomic mass is 10.0. The summed E-state index contributed by atoms with van der Waals surface area (Å²) < 4.78 is 0. The zero-order chi connectivity index (χ0) is 21.6. The molecule has 0 aromatic heterocycles. The highest BCUT2D eigenvalue weighted by Gasteiger charge is 1.98. The first-order chi connectivity index (χ1) is 13.3. The van der Waals surface area contributed by atoms with Gasteiger partial charge in [0.1, 0.15) is 6.54 Å². The molecule has 0 aliphatic rings. The van der Waals surface area contributed by atoms with Gasteiger partial charge in [0.25, 0.3) is 0 Å². The van der Waals surface area contributed by atoms with Crippen molar-refractivity contribution in [3.05, 3.63) is 0 Å². The van der Waals surface area contributed by atoms with Crippen molar-refractivity contribution in [3.8, 4) is 0 Å². The third-order valence-corrected chi connectivity index (χ3v) is 4.02. The summed E-state index contributed by atoms with van der Waals surface area (Å²) >= 11 is 0. The van der Waals surface area contributed by atoms with E-state index in [0.29, 0.717) is 12.8 Å². The van der Waals surface area contributed by atoms with Gasteiger partial charge in [-0.3, -0.25) is 19.2 Å². The van der Waals surface area contributed by atoms with E-state index in [2.05, 4.69) is 5.32 Å². The smallest absolute Gasteiger partial charge is 0.322 e. The number of nitrogens with one attached hydrogen (secondary N) is 1. The number of carboxylic acids is 3. The van der Waals surface area contributed by atoms with Crippen molar-refractivity contribution in [3.63, 3.8) is 0 Å². The van der Waals surface area contributed by atoms with Crippen LogP contribution >= 0.6 is 0 Å². The molecule has 0 atom stereocenters. The fraction of sp³-hybridized carbons (Fsp3) is 0.800. The standard InChI is InChI=1S/C16H30O4.C4H7NO3/c17-15(18)13-11-9-7-5-3-1-2-4-6-8-10-12-14-16(19)20;1-3(6)5-2-4(7)8/h1-14H2,(H,17,18)(H,19,20);2H2,1H3,(H,5,6)(H,7,8). The van der Waals surface area contributed by atoms with Crippen LogP contribution in [-0.2, 0) is 19.2 Å². The number of carbonyl (C=O) groups excluding carboxylic acids is 1. The maximum Gasteiger partial charge on any atom is 0.322 e. The summed E-state index contributed by atoms with van der Waals surface area (Å²) in [6.45, 7) is 0.971. The van der Waals surface area contributed by atoms with Gasteiger partial charge in [-0.05, 0) is 12.8 Å². The van der Waals surface area contributed by atoms with Crippen molar-refractivity contribution in [2.75, 3.05) is 6.54 Å². The first kappa shape index (κ1) is 28.1. The number of unbranched alkanes of at least 4 members (excludes halogenated alkanes) is 11. The van der Waals surface area contributed by atoms with Crippen molar-refractivity contribution in [2.24, 2.45) is 0 Å². The van der Waals surface area contributed by atoms with E-state index in [1.54, 1.807) is 0 Å². The molecular weight excluding hydrogens is 366 g/mol. The van der Waals surface area contributed by atoms with Crippen molar-refractivity contribution < 1.29 is 34.5 Å². The topological polar surface area (TPSA) is 141 Å². The molecule has 28 heavy (non-hydrogen) atoms. The second kappa shape index (κ2) is 21.2. The van der Waals surface area contributed by atoms with Gasteiger partial charge in [0, 0.05) is 19.8 Å². The predicted octanol–water partition coefficient (Wildman–Crippen LogP) is 3.82. The minimum atomic E-state index is -1.03. The number of carbonyl (C=O) groups is 4. The number of carboxylic acid groups (broad SMARTS) is 3. The monoisotopic (exact) mass is 403 g/mol. The summed E-state index contributed by atoms with van der Waals surface area (Å²) in [5.74, 6) is -2.73. The van der Waals surface area contributed by atoms with Crippen LogP contribution in [0.25, 0.3) is 0 Å². The molecule has 0 fully saturated rings. The van der Waals surface area contributed by atoms with E-state index < -0.39 is 17.9 Å². The Balaban J connectivity index is 0. The van der Waals surface area contributed by atoms with E-state index >= 15 is 0 Å². The maximum absolute atomic E-state index is 10.3. The molecule has 0 unspecified atom stereocenters. The molecule has 0 aliphatic carbocycles. The van der Waals surface area contributed by atoms with Crippen LogP contribution in [0.2, 0.25) is 0 Å². The largest absolute Gasteiger partial charge is 0.481 e. The minimum absolute atomic E-state index is 0.296. The third kappa shape index (κ3) is 31.6. The zero-order valence-corrected chi connectivity index (χ0v) is 17.1. The van der Waals surface area contributed by atoms with Gasteiger partial charge in [0.15, 0.2) is 0 Å². The number of aliphatic carboxylic acids is 3. The molecule has 4 N–H and O–H groups in total. The predicted molar refractivity (Wildman–Crippen MR) is 106 cm³/mol. The van der Waals surface area contributed by atoms with Crippen LogP contribution in [0.5, 0.6) is 0 Å². The average molecular weight is 404 g/mol. The Labute approximate surface area is 167 Å². The van der Waals surface area contributed by atoms with Crippen LogP contribution in [0.15, 0.2) is 0 Å². The number of hydrogen-bond acceptors (Lipinski definition) is 4. The summed E-state index contributed by atoms with van der Waals surface area (Å²) in [7, 11) is 0. The van der Waals surface area contributed by atoms with E-state index in [9.17, 15) is 19.2 Å². The van der Waals surface area contributed by atoms with Gasteiger partial charge >= 0.3 is 17.9 Å². The molecule has 1 amide bonds. The second-order valence-corrected chi connectivity index (χ2v) is 6.83. The maximum atomic E-state index is 10.3. The Morgan fingerprint density at radius 2 is 0.821 bits per heavy atom. The highest BCUT2D eigenvalue weighted by Crippen LogP contribution is 2.12. The Kier molecular flexibility index (Phi) is 21.3. The molecular formula is C20H37NO7. The second-order valence-electron chi connectivity index (χ2n) is 6.83. The van der Waals surface area contributed by atoms with E-state index in [1.165, 1.54) is 45.4 Å². The summed E-state index contributed by atoms with van der Waals surface area (Å²) in [5, 5.41) is 27.0. The normalized spacial score (nSPS) is 9.89. The Hall–Kier alpha value is -2.12. The Morgan fingerprint density at radius 1 is 0.536 bits per heavy atom. The van der Waals surface area contributed by atoms with Crippen LogP contribution < -0.4 is 5.32 Å². The van der Waals surface area contributed by atoms with E-state index in [-0.39, 0.29) is 12.5 Å². The van der Waals surface area contributed by atoms with Gasteiger partial charge < -0.3 is 20.6 Å². The van der Waals surface area contributed by atoms with E-state index in [0.717, 1.165) is 38.5 Å². The fourth-order valence-electron chi connectivity index (χ4n) is 2.52. The van der Waals surface area contributed by atoms with Crippen LogP contribution in [0.3, 0.4) is 0 Å². The van der Waals surface area contributed by atoms with Gasteiger partial charge in [0.05, 0.1) is 0 Å². The molecule has 0 saturated heterocycles. The summed E-state index contributed by atoms with van der Waals surface area (Å²) in [4.78, 5) is 40.3. The van der Waals surface area contributed by atoms with Gasteiger partial charge in [-0.1, -0.05) is 64.2 Å². The fourth-order valence-corrected chi connectivity index (χ4v) is 2.52. The molecule has 0 saturated carbocycles. The van der Waals surface area contributed by atoms with Crippen LogP contribution in [0, 0.1) is 0 Å². The van der Waals surface area contributed by atoms with Crippen molar-refractivity contribution in [1.82, 2.24) is 5.32 Å². The van der Waals surface area contributed by atoms with Gasteiger partial charge in [-0.2, -0.15) is 0 Å². The molecule has 0 aromatic rings. The zero-order valence-electron chi connectivity index (χ0n) is 17.1. The summed E-state index contributed by atoms with van der Waals surface area (Å²) in [6.07, 6.45) is 14.1.